The van der Waals surface area contributed by atoms with E-state index in [0.717, 1.165) is 22.6 Å². The Hall–Kier alpha value is -3.68. The number of rotatable bonds is 7. The van der Waals surface area contributed by atoms with E-state index >= 15 is 0 Å². The van der Waals surface area contributed by atoms with Gasteiger partial charge in [0.2, 0.25) is 0 Å². The van der Waals surface area contributed by atoms with Gasteiger partial charge < -0.3 is 10.1 Å². The lowest BCUT2D eigenvalue weighted by Gasteiger charge is -2.15. The van der Waals surface area contributed by atoms with Crippen LogP contribution in [0.2, 0.25) is 0 Å². The van der Waals surface area contributed by atoms with E-state index in [1.165, 1.54) is 13.0 Å². The number of aromatic nitrogens is 4. The topological polar surface area (TPSA) is 91.0 Å². The average molecular weight is 422 g/mol. The van der Waals surface area contributed by atoms with Crippen LogP contribution in [0.3, 0.4) is 0 Å². The summed E-state index contributed by atoms with van der Waals surface area (Å²) >= 11 is 0. The Morgan fingerprint density at radius 1 is 1.10 bits per heavy atom. The fraction of sp³-hybridized carbons (Fsp3) is 0.304. The summed E-state index contributed by atoms with van der Waals surface area (Å²) in [6.45, 7) is 9.26. The third-order valence-corrected chi connectivity index (χ3v) is 4.81. The minimum atomic E-state index is -0.957. The summed E-state index contributed by atoms with van der Waals surface area (Å²) in [5.41, 5.74) is 3.47. The third-order valence-electron chi connectivity index (χ3n) is 4.81. The minimum Gasteiger partial charge on any atom is -0.449 e. The molecule has 2 heterocycles. The van der Waals surface area contributed by atoms with Crippen molar-refractivity contribution in [2.45, 2.75) is 46.8 Å². The number of para-hydroxylation sites is 1. The van der Waals surface area contributed by atoms with Crippen molar-refractivity contribution in [2.75, 3.05) is 5.32 Å². The predicted octanol–water partition coefficient (Wildman–Crippen LogP) is 3.85. The largest absolute Gasteiger partial charge is 0.449 e. The van der Waals surface area contributed by atoms with E-state index in [2.05, 4.69) is 15.5 Å². The number of benzene rings is 1. The molecule has 0 unspecified atom stereocenters. The first-order chi connectivity index (χ1) is 14.8. The molecule has 8 nitrogen and oxygen atoms in total. The first kappa shape index (κ1) is 22.0. The molecule has 0 aliphatic heterocycles. The molecule has 31 heavy (non-hydrogen) atoms. The van der Waals surface area contributed by atoms with Crippen LogP contribution in [-0.4, -0.2) is 37.5 Å². The number of amides is 1. The van der Waals surface area contributed by atoms with Crippen LogP contribution in [0, 0.1) is 13.8 Å². The van der Waals surface area contributed by atoms with Crippen molar-refractivity contribution in [3.05, 3.63) is 65.6 Å². The Labute approximate surface area is 181 Å². The van der Waals surface area contributed by atoms with Gasteiger partial charge in [-0.25, -0.2) is 14.2 Å². The van der Waals surface area contributed by atoms with Crippen molar-refractivity contribution in [1.29, 1.82) is 0 Å². The molecule has 1 atom stereocenters. The molecule has 0 aliphatic rings. The summed E-state index contributed by atoms with van der Waals surface area (Å²) in [4.78, 5) is 24.7. The predicted molar refractivity (Wildman–Crippen MR) is 119 cm³/mol. The molecule has 8 heteroatoms. The molecule has 0 radical (unpaired) electrons. The number of hydrogen-bond donors (Lipinski definition) is 1. The summed E-state index contributed by atoms with van der Waals surface area (Å²) in [5, 5.41) is 11.5. The SMILES string of the molecule is Cc1nn(-c2ccccc2)c(C)c1/C=C/C(=O)O[C@H](C)C(=O)Nc1ccnn1C(C)C. The van der Waals surface area contributed by atoms with Crippen molar-refractivity contribution in [3.8, 4) is 5.69 Å². The molecule has 0 saturated heterocycles. The number of esters is 1. The van der Waals surface area contributed by atoms with Crippen molar-refractivity contribution >= 4 is 23.8 Å². The highest BCUT2D eigenvalue weighted by Crippen LogP contribution is 2.19. The van der Waals surface area contributed by atoms with E-state index in [9.17, 15) is 9.59 Å². The average Bonchev–Trinajstić information content (AvgIpc) is 3.31. The van der Waals surface area contributed by atoms with Crippen LogP contribution in [0.1, 0.15) is 43.8 Å². The number of ether oxygens (including phenoxy) is 1. The number of aryl methyl sites for hydroxylation is 1. The van der Waals surface area contributed by atoms with E-state index in [0.29, 0.717) is 5.82 Å². The summed E-state index contributed by atoms with van der Waals surface area (Å²) < 4.78 is 8.77. The van der Waals surface area contributed by atoms with Crippen LogP contribution < -0.4 is 5.32 Å². The number of anilines is 1. The lowest BCUT2D eigenvalue weighted by Crippen LogP contribution is -2.30. The van der Waals surface area contributed by atoms with Crippen LogP contribution in [0.4, 0.5) is 5.82 Å². The molecule has 1 N–H and O–H groups in total. The number of hydrogen-bond acceptors (Lipinski definition) is 5. The van der Waals surface area contributed by atoms with E-state index < -0.39 is 18.0 Å². The van der Waals surface area contributed by atoms with Crippen molar-refractivity contribution < 1.29 is 14.3 Å². The van der Waals surface area contributed by atoms with Crippen LogP contribution in [0.15, 0.2) is 48.7 Å². The van der Waals surface area contributed by atoms with Crippen molar-refractivity contribution in [2.24, 2.45) is 0 Å². The Bertz CT molecular complexity index is 1100. The summed E-state index contributed by atoms with van der Waals surface area (Å²) in [6.07, 6.45) is 3.63. The standard InChI is InChI=1S/C23H27N5O3/c1-15(2)27-21(13-14-24-27)25-23(30)18(5)31-22(29)12-11-20-16(3)26-28(17(20)4)19-9-7-6-8-10-19/h6-15,18H,1-5H3,(H,25,30)/b12-11+/t18-/m1/s1. The fourth-order valence-corrected chi connectivity index (χ4v) is 3.19. The van der Waals surface area contributed by atoms with Gasteiger partial charge in [-0.2, -0.15) is 10.2 Å². The second-order valence-corrected chi connectivity index (χ2v) is 7.49. The van der Waals surface area contributed by atoms with Gasteiger partial charge in [0.05, 0.1) is 17.6 Å². The smallest absolute Gasteiger partial charge is 0.331 e. The van der Waals surface area contributed by atoms with Gasteiger partial charge in [0.25, 0.3) is 5.91 Å². The highest BCUT2D eigenvalue weighted by Gasteiger charge is 2.19. The van der Waals surface area contributed by atoms with Gasteiger partial charge in [-0.1, -0.05) is 18.2 Å². The molecule has 1 amide bonds. The highest BCUT2D eigenvalue weighted by atomic mass is 16.5. The molecule has 0 spiro atoms. The quantitative estimate of drug-likeness (QED) is 0.462. The molecular formula is C23H27N5O3. The van der Waals surface area contributed by atoms with Crippen LogP contribution in [0.25, 0.3) is 11.8 Å². The maximum Gasteiger partial charge on any atom is 0.331 e. The number of carbonyl (C=O) groups is 2. The number of nitrogens with zero attached hydrogens (tertiary/aromatic N) is 4. The molecule has 0 saturated carbocycles. The van der Waals surface area contributed by atoms with Crippen LogP contribution >= 0.6 is 0 Å². The molecule has 2 aromatic heterocycles. The van der Waals surface area contributed by atoms with E-state index in [-0.39, 0.29) is 6.04 Å². The van der Waals surface area contributed by atoms with Gasteiger partial charge in [-0.15, -0.1) is 0 Å². The highest BCUT2D eigenvalue weighted by molar-refractivity contribution is 5.96. The zero-order valence-electron chi connectivity index (χ0n) is 18.4. The fourth-order valence-electron chi connectivity index (χ4n) is 3.19. The third kappa shape index (κ3) is 5.09. The van der Waals surface area contributed by atoms with E-state index in [4.69, 9.17) is 4.74 Å². The van der Waals surface area contributed by atoms with Crippen LogP contribution in [-0.2, 0) is 14.3 Å². The minimum absolute atomic E-state index is 0.0920. The first-order valence-electron chi connectivity index (χ1n) is 10.1. The molecule has 0 aliphatic carbocycles. The molecule has 162 valence electrons. The summed E-state index contributed by atoms with van der Waals surface area (Å²) in [5.74, 6) is -0.474. The van der Waals surface area contributed by atoms with Gasteiger partial charge in [0.1, 0.15) is 5.82 Å². The van der Waals surface area contributed by atoms with Gasteiger partial charge in [-0.05, 0) is 52.8 Å². The molecule has 0 fully saturated rings. The lowest BCUT2D eigenvalue weighted by molar-refractivity contribution is -0.148. The molecule has 3 aromatic rings. The van der Waals surface area contributed by atoms with Gasteiger partial charge in [0, 0.05) is 29.4 Å². The van der Waals surface area contributed by atoms with Crippen molar-refractivity contribution in [1.82, 2.24) is 19.6 Å². The number of nitrogens with one attached hydrogen (secondary N) is 1. The normalized spacial score (nSPS) is 12.3. The summed E-state index contributed by atoms with van der Waals surface area (Å²) in [7, 11) is 0. The molecular weight excluding hydrogens is 394 g/mol. The van der Waals surface area contributed by atoms with Gasteiger partial charge in [0.15, 0.2) is 6.10 Å². The zero-order valence-corrected chi connectivity index (χ0v) is 18.4. The maximum atomic E-state index is 12.4. The van der Waals surface area contributed by atoms with E-state index in [1.807, 2.05) is 62.7 Å². The first-order valence-corrected chi connectivity index (χ1v) is 10.1. The van der Waals surface area contributed by atoms with E-state index in [1.54, 1.807) is 23.0 Å². The number of carbonyl (C=O) groups excluding carboxylic acids is 2. The zero-order chi connectivity index (χ0) is 22.5. The Kier molecular flexibility index (Phi) is 6.69. The molecule has 3 rings (SSSR count). The molecule has 0 bridgehead atoms. The second kappa shape index (κ2) is 9.42. The summed E-state index contributed by atoms with van der Waals surface area (Å²) in [6, 6.07) is 11.6. The Morgan fingerprint density at radius 2 is 1.81 bits per heavy atom. The van der Waals surface area contributed by atoms with Gasteiger partial charge >= 0.3 is 5.97 Å². The maximum absolute atomic E-state index is 12.4. The lowest BCUT2D eigenvalue weighted by atomic mass is 10.2. The molecule has 1 aromatic carbocycles. The second-order valence-electron chi connectivity index (χ2n) is 7.49. The van der Waals surface area contributed by atoms with Crippen molar-refractivity contribution in [3.63, 3.8) is 0 Å². The monoisotopic (exact) mass is 421 g/mol. The Morgan fingerprint density at radius 3 is 2.48 bits per heavy atom. The Balaban J connectivity index is 1.64. The van der Waals surface area contributed by atoms with Gasteiger partial charge in [-0.3, -0.25) is 4.79 Å². The van der Waals surface area contributed by atoms with Crippen LogP contribution in [0.5, 0.6) is 0 Å².